The fourth-order valence-electron chi connectivity index (χ4n) is 3.26. The van der Waals surface area contributed by atoms with Crippen molar-refractivity contribution in [1.29, 1.82) is 0 Å². The normalized spacial score (nSPS) is 18.6. The summed E-state index contributed by atoms with van der Waals surface area (Å²) in [5, 5.41) is 5.04. The fraction of sp³-hybridized carbons (Fsp3) is 0.278. The van der Waals surface area contributed by atoms with Crippen molar-refractivity contribution in [3.05, 3.63) is 48.4 Å². The van der Waals surface area contributed by atoms with Gasteiger partial charge in [0.2, 0.25) is 0 Å². The van der Waals surface area contributed by atoms with Crippen LogP contribution in [-0.4, -0.2) is 35.6 Å². The number of carbonyl (C=O) groups excluding carboxylic acids is 2. The smallest absolute Gasteiger partial charge is 0.322 e. The molecule has 2 aliphatic heterocycles. The van der Waals surface area contributed by atoms with E-state index in [2.05, 4.69) is 20.5 Å². The molecule has 2 aliphatic rings. The lowest BCUT2D eigenvalue weighted by molar-refractivity contribution is -0.124. The number of nitrogens with zero attached hydrogens (tertiary/aromatic N) is 2. The molecule has 0 saturated carbocycles. The zero-order chi connectivity index (χ0) is 18.1. The van der Waals surface area contributed by atoms with Crippen LogP contribution in [0.2, 0.25) is 0 Å². The van der Waals surface area contributed by atoms with E-state index in [1.807, 2.05) is 6.07 Å². The zero-order valence-corrected chi connectivity index (χ0v) is 13.9. The second kappa shape index (κ2) is 6.29. The van der Waals surface area contributed by atoms with Gasteiger partial charge in [-0.1, -0.05) is 0 Å². The number of carbonyl (C=O) groups is 2. The largest absolute Gasteiger partial charge is 0.456 e. The van der Waals surface area contributed by atoms with E-state index < -0.39 is 11.6 Å². The first kappa shape index (κ1) is 16.3. The van der Waals surface area contributed by atoms with Crippen molar-refractivity contribution in [3.63, 3.8) is 0 Å². The van der Waals surface area contributed by atoms with Gasteiger partial charge in [0.05, 0.1) is 6.20 Å². The summed E-state index contributed by atoms with van der Waals surface area (Å²) in [7, 11) is 0. The number of pyridine rings is 1. The number of piperidine rings is 1. The Labute approximate surface area is 149 Å². The van der Waals surface area contributed by atoms with Gasteiger partial charge in [-0.2, -0.15) is 0 Å². The first-order valence-electron chi connectivity index (χ1n) is 8.32. The molecule has 7 nitrogen and oxygen atoms in total. The summed E-state index contributed by atoms with van der Waals surface area (Å²) in [4.78, 5) is 29.8. The molecule has 0 atom stereocenters. The van der Waals surface area contributed by atoms with Crippen LogP contribution in [0.1, 0.15) is 12.8 Å². The van der Waals surface area contributed by atoms with Gasteiger partial charge in [-0.05, 0) is 49.2 Å². The predicted octanol–water partition coefficient (Wildman–Crippen LogP) is 2.19. The highest BCUT2D eigenvalue weighted by atomic mass is 19.1. The summed E-state index contributed by atoms with van der Waals surface area (Å²) in [6.07, 6.45) is 2.66. The fourth-order valence-corrected chi connectivity index (χ4v) is 3.26. The number of anilines is 1. The van der Waals surface area contributed by atoms with Gasteiger partial charge >= 0.3 is 6.03 Å². The summed E-state index contributed by atoms with van der Waals surface area (Å²) >= 11 is 0. The molecule has 1 spiro atoms. The molecule has 1 aromatic carbocycles. The van der Waals surface area contributed by atoms with Gasteiger partial charge in [0, 0.05) is 13.1 Å². The van der Waals surface area contributed by atoms with Gasteiger partial charge in [0.15, 0.2) is 0 Å². The monoisotopic (exact) mass is 356 g/mol. The van der Waals surface area contributed by atoms with Crippen molar-refractivity contribution in [2.24, 2.45) is 0 Å². The average Bonchev–Trinajstić information content (AvgIpc) is 2.91. The van der Waals surface area contributed by atoms with Crippen molar-refractivity contribution < 1.29 is 18.7 Å². The van der Waals surface area contributed by atoms with Crippen LogP contribution in [0.3, 0.4) is 0 Å². The van der Waals surface area contributed by atoms with Gasteiger partial charge in [0.25, 0.3) is 5.91 Å². The third-order valence-corrected chi connectivity index (χ3v) is 4.73. The maximum atomic E-state index is 12.9. The Bertz CT molecular complexity index is 831. The number of benzene rings is 1. The number of halogens is 1. The topological polar surface area (TPSA) is 83.6 Å². The average molecular weight is 356 g/mol. The minimum atomic E-state index is -0.792. The first-order valence-corrected chi connectivity index (χ1v) is 8.32. The van der Waals surface area contributed by atoms with E-state index in [-0.39, 0.29) is 11.7 Å². The van der Waals surface area contributed by atoms with Gasteiger partial charge in [-0.3, -0.25) is 10.1 Å². The van der Waals surface area contributed by atoms with Crippen LogP contribution in [-0.2, 0) is 4.79 Å². The number of amides is 3. The Hall–Kier alpha value is -3.16. The molecule has 26 heavy (non-hydrogen) atoms. The summed E-state index contributed by atoms with van der Waals surface area (Å²) in [5.41, 5.74) is -0.792. The van der Waals surface area contributed by atoms with Crippen LogP contribution in [0, 0.1) is 5.82 Å². The van der Waals surface area contributed by atoms with Crippen LogP contribution in [0.25, 0.3) is 0 Å². The molecule has 3 amide bonds. The van der Waals surface area contributed by atoms with Gasteiger partial charge in [-0.25, -0.2) is 14.2 Å². The number of rotatable bonds is 3. The van der Waals surface area contributed by atoms with Crippen LogP contribution in [0.15, 0.2) is 42.6 Å². The van der Waals surface area contributed by atoms with Crippen molar-refractivity contribution in [1.82, 2.24) is 15.6 Å². The number of hydrogen-bond donors (Lipinski definition) is 2. The van der Waals surface area contributed by atoms with Crippen molar-refractivity contribution >= 4 is 17.8 Å². The molecule has 2 fully saturated rings. The van der Waals surface area contributed by atoms with Crippen molar-refractivity contribution in [2.75, 3.05) is 18.0 Å². The molecule has 4 rings (SSSR count). The Morgan fingerprint density at radius 1 is 1.04 bits per heavy atom. The minimum absolute atomic E-state index is 0.252. The molecule has 0 bridgehead atoms. The molecule has 0 radical (unpaired) electrons. The molecule has 2 N–H and O–H groups in total. The molecule has 2 saturated heterocycles. The van der Waals surface area contributed by atoms with E-state index in [1.54, 1.807) is 24.4 Å². The van der Waals surface area contributed by atoms with E-state index in [1.165, 1.54) is 12.1 Å². The highest BCUT2D eigenvalue weighted by molar-refractivity contribution is 6.07. The van der Waals surface area contributed by atoms with Crippen LogP contribution < -0.4 is 20.3 Å². The van der Waals surface area contributed by atoms with Crippen molar-refractivity contribution in [2.45, 2.75) is 18.4 Å². The Morgan fingerprint density at radius 2 is 1.73 bits per heavy atom. The molecule has 3 heterocycles. The summed E-state index contributed by atoms with van der Waals surface area (Å²) in [6, 6.07) is 8.97. The first-order chi connectivity index (χ1) is 12.5. The number of imide groups is 1. The molecular formula is C18H17FN4O3. The lowest BCUT2D eigenvalue weighted by atomic mass is 9.88. The summed E-state index contributed by atoms with van der Waals surface area (Å²) in [5.74, 6) is 1.29. The van der Waals surface area contributed by atoms with E-state index >= 15 is 0 Å². The van der Waals surface area contributed by atoms with E-state index in [9.17, 15) is 14.0 Å². The SMILES string of the molecule is O=C1NC(=O)C2(CCN(c3ccc(Oc4ccc(F)cc4)cn3)CC2)N1. The number of nitrogens with one attached hydrogen (secondary N) is 2. The second-order valence-corrected chi connectivity index (χ2v) is 6.39. The molecule has 134 valence electrons. The number of ether oxygens (including phenoxy) is 1. The van der Waals surface area contributed by atoms with Crippen LogP contribution >= 0.6 is 0 Å². The standard InChI is InChI=1S/C18H17FN4O3/c19-12-1-3-13(4-2-12)26-14-5-6-15(20-11-14)23-9-7-18(8-10-23)16(24)21-17(25)22-18/h1-6,11H,7-10H2,(H2,21,22,24,25). The Morgan fingerprint density at radius 3 is 2.31 bits per heavy atom. The van der Waals surface area contributed by atoms with E-state index in [0.29, 0.717) is 37.4 Å². The molecule has 0 unspecified atom stereocenters. The number of aromatic nitrogens is 1. The van der Waals surface area contributed by atoms with Gasteiger partial charge < -0.3 is 15.0 Å². The Balaban J connectivity index is 1.39. The maximum absolute atomic E-state index is 12.9. The molecule has 1 aromatic heterocycles. The van der Waals surface area contributed by atoms with Crippen LogP contribution in [0.4, 0.5) is 15.0 Å². The predicted molar refractivity (Wildman–Crippen MR) is 91.6 cm³/mol. The molecule has 2 aromatic rings. The Kier molecular flexibility index (Phi) is 3.95. The van der Waals surface area contributed by atoms with Gasteiger partial charge in [-0.15, -0.1) is 0 Å². The summed E-state index contributed by atoms with van der Waals surface area (Å²) in [6.45, 7) is 1.22. The summed E-state index contributed by atoms with van der Waals surface area (Å²) < 4.78 is 18.5. The molecule has 8 heteroatoms. The van der Waals surface area contributed by atoms with Crippen LogP contribution in [0.5, 0.6) is 11.5 Å². The molecular weight excluding hydrogens is 339 g/mol. The zero-order valence-electron chi connectivity index (χ0n) is 13.9. The lowest BCUT2D eigenvalue weighted by Crippen LogP contribution is -2.55. The quantitative estimate of drug-likeness (QED) is 0.824. The van der Waals surface area contributed by atoms with E-state index in [4.69, 9.17) is 4.74 Å². The molecule has 0 aliphatic carbocycles. The highest BCUT2D eigenvalue weighted by Gasteiger charge is 2.47. The third-order valence-electron chi connectivity index (χ3n) is 4.73. The minimum Gasteiger partial charge on any atom is -0.456 e. The van der Waals surface area contributed by atoms with Crippen molar-refractivity contribution in [3.8, 4) is 11.5 Å². The number of hydrogen-bond acceptors (Lipinski definition) is 5. The van der Waals surface area contributed by atoms with E-state index in [0.717, 1.165) is 5.82 Å². The number of urea groups is 1. The maximum Gasteiger partial charge on any atom is 0.322 e. The lowest BCUT2D eigenvalue weighted by Gasteiger charge is -2.37. The third kappa shape index (κ3) is 3.05. The second-order valence-electron chi connectivity index (χ2n) is 6.39. The highest BCUT2D eigenvalue weighted by Crippen LogP contribution is 2.29. The van der Waals surface area contributed by atoms with Gasteiger partial charge in [0.1, 0.15) is 28.7 Å².